The first-order chi connectivity index (χ1) is 28.8. The number of aromatic nitrogens is 1. The predicted molar refractivity (Wildman–Crippen MR) is 227 cm³/mol. The van der Waals surface area contributed by atoms with E-state index in [0.29, 0.717) is 66.8 Å². The van der Waals surface area contributed by atoms with Crippen LogP contribution in [0.15, 0.2) is 103 Å². The Morgan fingerprint density at radius 2 is 1.22 bits per heavy atom. The molecule has 4 atom stereocenters. The molecule has 0 spiro atoms. The lowest BCUT2D eigenvalue weighted by atomic mass is 10.0. The number of aromatic amines is 1. The van der Waals surface area contributed by atoms with E-state index in [2.05, 4.69) is 15.6 Å². The summed E-state index contributed by atoms with van der Waals surface area (Å²) in [6.07, 6.45) is 0.967. The lowest BCUT2D eigenvalue weighted by molar-refractivity contribution is -0.141. The number of halogens is 1. The maximum Gasteiger partial charge on any atom is 0.408 e. The van der Waals surface area contributed by atoms with Gasteiger partial charge in [0.2, 0.25) is 17.7 Å². The molecule has 2 fully saturated rings. The Balaban J connectivity index is 1.03. The summed E-state index contributed by atoms with van der Waals surface area (Å²) in [5.41, 5.74) is 3.47. The molecular weight excluding hydrogens is 766 g/mol. The van der Waals surface area contributed by atoms with Crippen LogP contribution in [-0.2, 0) is 19.2 Å². The zero-order valence-corrected chi connectivity index (χ0v) is 34.1. The average Bonchev–Trinajstić information content (AvgIpc) is 4.00. The Morgan fingerprint density at radius 1 is 0.717 bits per heavy atom. The molecule has 2 saturated heterocycles. The third kappa shape index (κ3) is 8.46. The number of benzene rings is 4. The predicted octanol–water partition coefficient (Wildman–Crippen LogP) is 7.27. The minimum absolute atomic E-state index is 0.148. The van der Waals surface area contributed by atoms with Gasteiger partial charge >= 0.3 is 6.09 Å². The molecule has 2 aliphatic heterocycles. The number of carboxylic acid groups (broad SMARTS) is 1. The van der Waals surface area contributed by atoms with Crippen molar-refractivity contribution >= 4 is 52.0 Å². The van der Waals surface area contributed by atoms with Gasteiger partial charge in [0, 0.05) is 47.0 Å². The highest BCUT2D eigenvalue weighted by Crippen LogP contribution is 2.34. The van der Waals surface area contributed by atoms with E-state index in [4.69, 9.17) is 0 Å². The molecule has 13 nitrogen and oxygen atoms in total. The standard InChI is InChI=1S/C46H50FN7O6/c1-28(2)54(46(59)60)41(31-15-9-6-10-16-31)45(58)53-26-12-17-36(53)42(55)48-32-21-19-29(20-22-32)39-38(47)34-27-33(23-24-35(34)50-39)49-43(56)37-18-11-25-52(37)44(57)40(51(3)4)30-13-7-5-8-14-30/h5-10,13-16,19-24,27-28,36-37,40-41,50H,11-12,17-18,25-26H2,1-4H3,(H,48,55)(H,49,56)(H,59,60)/t36-,37-,40+,41+/m0/s1. The minimum Gasteiger partial charge on any atom is -0.465 e. The van der Waals surface area contributed by atoms with Crippen LogP contribution in [0.25, 0.3) is 22.2 Å². The first kappa shape index (κ1) is 41.6. The van der Waals surface area contributed by atoms with Crippen LogP contribution in [0.5, 0.6) is 0 Å². The summed E-state index contributed by atoms with van der Waals surface area (Å²) in [6, 6.07) is 26.1. The van der Waals surface area contributed by atoms with Gasteiger partial charge in [0.05, 0.1) is 5.69 Å². The number of nitrogens with zero attached hydrogens (tertiary/aromatic N) is 4. The number of hydrogen-bond donors (Lipinski definition) is 4. The second-order valence-electron chi connectivity index (χ2n) is 15.9. The topological polar surface area (TPSA) is 158 Å². The van der Waals surface area contributed by atoms with Crippen molar-refractivity contribution in [3.8, 4) is 11.3 Å². The van der Waals surface area contributed by atoms with E-state index in [9.17, 15) is 29.1 Å². The van der Waals surface area contributed by atoms with Crippen LogP contribution in [0.1, 0.15) is 62.7 Å². The van der Waals surface area contributed by atoms with Crippen LogP contribution in [0.3, 0.4) is 0 Å². The van der Waals surface area contributed by atoms with E-state index >= 15 is 4.39 Å². The van der Waals surface area contributed by atoms with Crippen molar-refractivity contribution in [3.05, 3.63) is 120 Å². The molecule has 7 rings (SSSR count). The molecule has 0 aliphatic carbocycles. The smallest absolute Gasteiger partial charge is 0.408 e. The van der Waals surface area contributed by atoms with E-state index in [1.54, 1.807) is 91.5 Å². The normalized spacial score (nSPS) is 17.5. The fourth-order valence-corrected chi connectivity index (χ4v) is 8.51. The number of carbonyl (C=O) groups excluding carboxylic acids is 4. The van der Waals surface area contributed by atoms with Gasteiger partial charge in [-0.3, -0.25) is 29.0 Å². The molecule has 60 heavy (non-hydrogen) atoms. The van der Waals surface area contributed by atoms with Crippen LogP contribution in [-0.4, -0.2) is 105 Å². The Labute approximate surface area is 348 Å². The molecule has 0 bridgehead atoms. The van der Waals surface area contributed by atoms with Crippen molar-refractivity contribution in [2.24, 2.45) is 0 Å². The summed E-state index contributed by atoms with van der Waals surface area (Å²) in [5, 5.41) is 16.2. The summed E-state index contributed by atoms with van der Waals surface area (Å²) in [5.74, 6) is -1.87. The number of nitrogens with one attached hydrogen (secondary N) is 3. The van der Waals surface area contributed by atoms with Gasteiger partial charge in [-0.15, -0.1) is 0 Å². The number of hydrogen-bond acceptors (Lipinski definition) is 6. The summed E-state index contributed by atoms with van der Waals surface area (Å²) in [4.78, 5) is 76.7. The summed E-state index contributed by atoms with van der Waals surface area (Å²) >= 11 is 0. The second-order valence-corrected chi connectivity index (χ2v) is 15.9. The number of rotatable bonds is 12. The molecule has 5 amide bonds. The molecular formula is C46H50FN7O6. The molecule has 14 heteroatoms. The molecule has 312 valence electrons. The SMILES string of the molecule is CC(C)N(C(=O)O)[C@@H](C(=O)N1CCC[C@H]1C(=O)Nc1ccc(-c2[nH]c3ccc(NC(=O)[C@@H]4CCCN4C(=O)[C@@H](c4ccccc4)N(C)C)cc3c2F)cc1)c1ccccc1. The average molecular weight is 816 g/mol. The van der Waals surface area contributed by atoms with Crippen LogP contribution in [0, 0.1) is 5.82 Å². The molecule has 5 aromatic rings. The molecule has 2 aliphatic rings. The number of H-pyrrole nitrogens is 1. The third-order valence-corrected chi connectivity index (χ3v) is 11.4. The van der Waals surface area contributed by atoms with Crippen molar-refractivity contribution in [3.63, 3.8) is 0 Å². The van der Waals surface area contributed by atoms with Crippen molar-refractivity contribution < 1.29 is 33.5 Å². The number of likely N-dealkylation sites (N-methyl/N-ethyl adjacent to an activating group) is 1. The van der Waals surface area contributed by atoms with Gasteiger partial charge in [0.15, 0.2) is 5.82 Å². The van der Waals surface area contributed by atoms with Crippen molar-refractivity contribution in [1.29, 1.82) is 0 Å². The van der Waals surface area contributed by atoms with Crippen LogP contribution < -0.4 is 10.6 Å². The van der Waals surface area contributed by atoms with Gasteiger partial charge in [0.25, 0.3) is 5.91 Å². The van der Waals surface area contributed by atoms with Gasteiger partial charge in [-0.25, -0.2) is 9.18 Å². The van der Waals surface area contributed by atoms with E-state index in [-0.39, 0.29) is 22.9 Å². The van der Waals surface area contributed by atoms with Crippen molar-refractivity contribution in [1.82, 2.24) is 24.6 Å². The molecule has 0 unspecified atom stereocenters. The number of anilines is 2. The lowest BCUT2D eigenvalue weighted by Crippen LogP contribution is -2.51. The number of likely N-dealkylation sites (tertiary alicyclic amines) is 2. The molecule has 4 N–H and O–H groups in total. The molecule has 4 aromatic carbocycles. The van der Waals surface area contributed by atoms with Crippen LogP contribution in [0.4, 0.5) is 20.6 Å². The van der Waals surface area contributed by atoms with Gasteiger partial charge in [0.1, 0.15) is 24.2 Å². The quantitative estimate of drug-likeness (QED) is 0.103. The summed E-state index contributed by atoms with van der Waals surface area (Å²) in [7, 11) is 3.68. The highest BCUT2D eigenvalue weighted by molar-refractivity contribution is 6.01. The summed E-state index contributed by atoms with van der Waals surface area (Å²) < 4.78 is 16.1. The van der Waals surface area contributed by atoms with E-state index in [1.165, 1.54) is 4.90 Å². The fraction of sp³-hybridized carbons (Fsp3) is 0.326. The maximum atomic E-state index is 16.1. The minimum atomic E-state index is -1.23. The Bertz CT molecular complexity index is 2370. The van der Waals surface area contributed by atoms with E-state index < -0.39 is 53.9 Å². The fourth-order valence-electron chi connectivity index (χ4n) is 8.51. The molecule has 0 radical (unpaired) electrons. The van der Waals surface area contributed by atoms with Crippen molar-refractivity contribution in [2.75, 3.05) is 37.8 Å². The van der Waals surface area contributed by atoms with Crippen molar-refractivity contribution in [2.45, 2.75) is 69.7 Å². The van der Waals surface area contributed by atoms with Gasteiger partial charge in [-0.1, -0.05) is 72.8 Å². The number of amides is 5. The first-order valence-electron chi connectivity index (χ1n) is 20.3. The van der Waals surface area contributed by atoms with E-state index in [0.717, 1.165) is 10.5 Å². The maximum absolute atomic E-state index is 16.1. The Morgan fingerprint density at radius 3 is 1.73 bits per heavy atom. The van der Waals surface area contributed by atoms with Gasteiger partial charge < -0.3 is 30.5 Å². The zero-order chi connectivity index (χ0) is 42.7. The van der Waals surface area contributed by atoms with E-state index in [1.807, 2.05) is 49.3 Å². The highest BCUT2D eigenvalue weighted by atomic mass is 19.1. The molecule has 0 saturated carbocycles. The second kappa shape index (κ2) is 17.8. The lowest BCUT2D eigenvalue weighted by Gasteiger charge is -2.36. The molecule has 3 heterocycles. The van der Waals surface area contributed by atoms with Crippen LogP contribution >= 0.6 is 0 Å². The number of fused-ring (bicyclic) bond motifs is 1. The highest BCUT2D eigenvalue weighted by Gasteiger charge is 2.42. The largest absolute Gasteiger partial charge is 0.465 e. The molecule has 1 aromatic heterocycles. The van der Waals surface area contributed by atoms with Gasteiger partial charge in [-0.05, 0) is 95.1 Å². The Kier molecular flexibility index (Phi) is 12.3. The monoisotopic (exact) mass is 815 g/mol. The first-order valence-corrected chi connectivity index (χ1v) is 20.3. The summed E-state index contributed by atoms with van der Waals surface area (Å²) in [6.45, 7) is 4.18. The third-order valence-electron chi connectivity index (χ3n) is 11.4. The zero-order valence-electron chi connectivity index (χ0n) is 34.1. The number of carbonyl (C=O) groups is 5. The Hall–Kier alpha value is -6.54. The van der Waals surface area contributed by atoms with Crippen LogP contribution in [0.2, 0.25) is 0 Å². The van der Waals surface area contributed by atoms with Gasteiger partial charge in [-0.2, -0.15) is 0 Å².